The van der Waals surface area contributed by atoms with Gasteiger partial charge in [-0.15, -0.1) is 5.10 Å². The predicted octanol–water partition coefficient (Wildman–Crippen LogP) is 0.947. The third kappa shape index (κ3) is 1.89. The van der Waals surface area contributed by atoms with Crippen LogP contribution in [-0.2, 0) is 13.2 Å². The Morgan fingerprint density at radius 1 is 1.41 bits per heavy atom. The number of aliphatic hydroxyl groups is 1. The van der Waals surface area contributed by atoms with Crippen molar-refractivity contribution in [3.8, 4) is 5.75 Å². The van der Waals surface area contributed by atoms with Crippen LogP contribution >= 0.6 is 0 Å². The Balaban J connectivity index is 1.79. The Labute approximate surface area is 98.6 Å². The summed E-state index contributed by atoms with van der Waals surface area (Å²) >= 11 is 0. The Kier molecular flexibility index (Phi) is 2.53. The first-order valence-corrected chi connectivity index (χ1v) is 5.58. The third-order valence-corrected chi connectivity index (χ3v) is 2.95. The number of fused-ring (bicyclic) bond motifs is 1. The minimum Gasteiger partial charge on any atom is -0.493 e. The molecule has 1 aromatic carbocycles. The summed E-state index contributed by atoms with van der Waals surface area (Å²) < 4.78 is 7.36. The Morgan fingerprint density at radius 2 is 2.29 bits per heavy atom. The SMILES string of the molecule is OCc1cn(CC2COc3ccccc32)nn1. The number of nitrogens with zero attached hydrogens (tertiary/aromatic N) is 3. The molecule has 1 aliphatic rings. The van der Waals surface area contributed by atoms with Crippen LogP contribution in [-0.4, -0.2) is 26.7 Å². The van der Waals surface area contributed by atoms with Crippen LogP contribution in [0.5, 0.6) is 5.75 Å². The highest BCUT2D eigenvalue weighted by molar-refractivity contribution is 5.39. The van der Waals surface area contributed by atoms with E-state index < -0.39 is 0 Å². The van der Waals surface area contributed by atoms with E-state index in [0.717, 1.165) is 12.3 Å². The van der Waals surface area contributed by atoms with Gasteiger partial charge in [-0.3, -0.25) is 4.68 Å². The predicted molar refractivity (Wildman–Crippen MR) is 60.6 cm³/mol. The molecule has 2 aromatic rings. The van der Waals surface area contributed by atoms with Gasteiger partial charge < -0.3 is 9.84 Å². The summed E-state index contributed by atoms with van der Waals surface area (Å²) in [5.74, 6) is 1.26. The van der Waals surface area contributed by atoms with Gasteiger partial charge in [-0.25, -0.2) is 0 Å². The van der Waals surface area contributed by atoms with Gasteiger partial charge in [0.15, 0.2) is 0 Å². The highest BCUT2D eigenvalue weighted by Gasteiger charge is 2.24. The van der Waals surface area contributed by atoms with E-state index >= 15 is 0 Å². The van der Waals surface area contributed by atoms with E-state index in [1.54, 1.807) is 10.9 Å². The molecule has 0 bridgehead atoms. The zero-order chi connectivity index (χ0) is 11.7. The summed E-state index contributed by atoms with van der Waals surface area (Å²) in [6.07, 6.45) is 1.76. The van der Waals surface area contributed by atoms with Crippen LogP contribution in [0.25, 0.3) is 0 Å². The number of hydrogen-bond donors (Lipinski definition) is 1. The maximum Gasteiger partial charge on any atom is 0.122 e. The van der Waals surface area contributed by atoms with Gasteiger partial charge in [0.05, 0.1) is 26.0 Å². The van der Waals surface area contributed by atoms with E-state index in [9.17, 15) is 0 Å². The number of hydrogen-bond acceptors (Lipinski definition) is 4. The molecule has 88 valence electrons. The van der Waals surface area contributed by atoms with Crippen LogP contribution < -0.4 is 4.74 Å². The maximum atomic E-state index is 8.93. The molecule has 0 saturated heterocycles. The van der Waals surface area contributed by atoms with Crippen molar-refractivity contribution in [2.75, 3.05) is 6.61 Å². The molecule has 0 amide bonds. The second kappa shape index (κ2) is 4.18. The van der Waals surface area contributed by atoms with Crippen LogP contribution in [0.3, 0.4) is 0 Å². The molecule has 2 heterocycles. The molecule has 0 saturated carbocycles. The minimum absolute atomic E-state index is 0.0717. The number of benzene rings is 1. The maximum absolute atomic E-state index is 8.93. The van der Waals surface area contributed by atoms with Gasteiger partial charge >= 0.3 is 0 Å². The van der Waals surface area contributed by atoms with E-state index in [1.165, 1.54) is 5.56 Å². The highest BCUT2D eigenvalue weighted by Crippen LogP contribution is 2.34. The molecule has 3 rings (SSSR count). The van der Waals surface area contributed by atoms with E-state index in [1.807, 2.05) is 18.2 Å². The van der Waals surface area contributed by atoms with Gasteiger partial charge in [-0.1, -0.05) is 23.4 Å². The van der Waals surface area contributed by atoms with Gasteiger partial charge in [-0.2, -0.15) is 0 Å². The topological polar surface area (TPSA) is 60.2 Å². The second-order valence-electron chi connectivity index (χ2n) is 4.14. The molecule has 1 N–H and O–H groups in total. The van der Waals surface area contributed by atoms with Crippen LogP contribution in [0.4, 0.5) is 0 Å². The molecule has 0 aliphatic carbocycles. The molecule has 1 unspecified atom stereocenters. The summed E-state index contributed by atoms with van der Waals surface area (Å²) in [6, 6.07) is 8.05. The Bertz CT molecular complexity index is 524. The van der Waals surface area contributed by atoms with Crippen molar-refractivity contribution < 1.29 is 9.84 Å². The standard InChI is InChI=1S/C12H13N3O2/c16-7-10-6-15(14-13-10)5-9-8-17-12-4-2-1-3-11(9)12/h1-4,6,9,16H,5,7-8H2. The van der Waals surface area contributed by atoms with Crippen molar-refractivity contribution in [2.24, 2.45) is 0 Å². The van der Waals surface area contributed by atoms with Crippen molar-refractivity contribution >= 4 is 0 Å². The van der Waals surface area contributed by atoms with Crippen LogP contribution in [0, 0.1) is 0 Å². The fraction of sp³-hybridized carbons (Fsp3) is 0.333. The van der Waals surface area contributed by atoms with Gasteiger partial charge in [0.1, 0.15) is 11.4 Å². The molecule has 0 fully saturated rings. The smallest absolute Gasteiger partial charge is 0.122 e. The first-order valence-electron chi connectivity index (χ1n) is 5.58. The summed E-state index contributed by atoms with van der Waals surface area (Å²) in [4.78, 5) is 0. The number of rotatable bonds is 3. The number of aromatic nitrogens is 3. The van der Waals surface area contributed by atoms with Crippen LogP contribution in [0.15, 0.2) is 30.5 Å². The molecule has 0 spiro atoms. The minimum atomic E-state index is -0.0717. The van der Waals surface area contributed by atoms with Crippen LogP contribution in [0.2, 0.25) is 0 Å². The largest absolute Gasteiger partial charge is 0.493 e. The van der Waals surface area contributed by atoms with E-state index in [0.29, 0.717) is 18.2 Å². The molecular formula is C12H13N3O2. The highest BCUT2D eigenvalue weighted by atomic mass is 16.5. The summed E-state index contributed by atoms with van der Waals surface area (Å²) in [5, 5.41) is 16.8. The summed E-state index contributed by atoms with van der Waals surface area (Å²) in [6.45, 7) is 1.33. The lowest BCUT2D eigenvalue weighted by atomic mass is 10.0. The molecule has 5 nitrogen and oxygen atoms in total. The first kappa shape index (κ1) is 10.3. The Morgan fingerprint density at radius 3 is 3.12 bits per heavy atom. The Hall–Kier alpha value is -1.88. The zero-order valence-corrected chi connectivity index (χ0v) is 9.28. The normalized spacial score (nSPS) is 17.8. The fourth-order valence-electron chi connectivity index (χ4n) is 2.11. The number of ether oxygens (including phenoxy) is 1. The van der Waals surface area contributed by atoms with E-state index in [-0.39, 0.29) is 6.61 Å². The van der Waals surface area contributed by atoms with Crippen molar-refractivity contribution in [1.29, 1.82) is 0 Å². The van der Waals surface area contributed by atoms with Crippen molar-refractivity contribution in [3.05, 3.63) is 41.7 Å². The van der Waals surface area contributed by atoms with Crippen molar-refractivity contribution in [1.82, 2.24) is 15.0 Å². The number of para-hydroxylation sites is 1. The van der Waals surface area contributed by atoms with Crippen molar-refractivity contribution in [2.45, 2.75) is 19.1 Å². The zero-order valence-electron chi connectivity index (χ0n) is 9.28. The second-order valence-corrected chi connectivity index (χ2v) is 4.14. The quantitative estimate of drug-likeness (QED) is 0.854. The average molecular weight is 231 g/mol. The average Bonchev–Trinajstić information content (AvgIpc) is 2.97. The van der Waals surface area contributed by atoms with E-state index in [2.05, 4.69) is 16.4 Å². The van der Waals surface area contributed by atoms with Gasteiger partial charge in [0.25, 0.3) is 0 Å². The molecule has 0 radical (unpaired) electrons. The van der Waals surface area contributed by atoms with Crippen LogP contribution in [0.1, 0.15) is 17.2 Å². The lowest BCUT2D eigenvalue weighted by molar-refractivity contribution is 0.276. The first-order chi connectivity index (χ1) is 8.36. The van der Waals surface area contributed by atoms with Gasteiger partial charge in [0, 0.05) is 11.5 Å². The fourth-order valence-corrected chi connectivity index (χ4v) is 2.11. The monoisotopic (exact) mass is 231 g/mol. The molecule has 1 atom stereocenters. The molecule has 1 aliphatic heterocycles. The van der Waals surface area contributed by atoms with Crippen molar-refractivity contribution in [3.63, 3.8) is 0 Å². The molecular weight excluding hydrogens is 218 g/mol. The number of aliphatic hydroxyl groups excluding tert-OH is 1. The molecule has 17 heavy (non-hydrogen) atoms. The lowest BCUT2D eigenvalue weighted by Crippen LogP contribution is -2.11. The summed E-state index contributed by atoms with van der Waals surface area (Å²) in [5.41, 5.74) is 1.81. The third-order valence-electron chi connectivity index (χ3n) is 2.95. The molecule has 5 heteroatoms. The lowest BCUT2D eigenvalue weighted by Gasteiger charge is -2.07. The van der Waals surface area contributed by atoms with Gasteiger partial charge in [0.2, 0.25) is 0 Å². The molecule has 1 aromatic heterocycles. The van der Waals surface area contributed by atoms with E-state index in [4.69, 9.17) is 9.84 Å². The van der Waals surface area contributed by atoms with Gasteiger partial charge in [-0.05, 0) is 6.07 Å². The summed E-state index contributed by atoms with van der Waals surface area (Å²) in [7, 11) is 0.